The molecule has 2 heterocycles. The average Bonchev–Trinajstić information content (AvgIpc) is 3.32. The summed E-state index contributed by atoms with van der Waals surface area (Å²) in [6.07, 6.45) is 12.5. The number of morpholine rings is 1. The Morgan fingerprint density at radius 2 is 2.28 bits per heavy atom. The van der Waals surface area contributed by atoms with Crippen LogP contribution in [0.25, 0.3) is 0 Å². The minimum Gasteiger partial charge on any atom is -0.374 e. The van der Waals surface area contributed by atoms with E-state index in [1.165, 1.54) is 24.9 Å². The molecule has 0 N–H and O–H groups in total. The summed E-state index contributed by atoms with van der Waals surface area (Å²) in [5, 5.41) is 4.14. The maximum absolute atomic E-state index is 13.0. The van der Waals surface area contributed by atoms with Gasteiger partial charge in [-0.05, 0) is 38.5 Å². The van der Waals surface area contributed by atoms with Gasteiger partial charge in [0.25, 0.3) is 0 Å². The first-order valence-corrected chi connectivity index (χ1v) is 9.47. The lowest BCUT2D eigenvalue weighted by atomic mass is 10.0. The van der Waals surface area contributed by atoms with Gasteiger partial charge >= 0.3 is 0 Å². The van der Waals surface area contributed by atoms with Gasteiger partial charge in [0.2, 0.25) is 5.91 Å². The van der Waals surface area contributed by atoms with E-state index in [2.05, 4.69) is 26.0 Å². The maximum atomic E-state index is 13.0. The smallest absolute Gasteiger partial charge is 0.241 e. The molecule has 1 saturated heterocycles. The average molecular weight is 345 g/mol. The number of carbonyl (C=O) groups is 1. The van der Waals surface area contributed by atoms with E-state index < -0.39 is 0 Å². The molecule has 0 aromatic carbocycles. The second-order valence-corrected chi connectivity index (χ2v) is 7.28. The van der Waals surface area contributed by atoms with E-state index in [-0.39, 0.29) is 12.0 Å². The molecule has 1 aliphatic heterocycles. The molecular weight excluding hydrogens is 318 g/mol. The predicted octanol–water partition coefficient (Wildman–Crippen LogP) is 1.43. The number of nitrogens with zero attached hydrogens (tertiary/aromatic N) is 5. The highest BCUT2D eigenvalue weighted by molar-refractivity contribution is 5.80. The lowest BCUT2D eigenvalue weighted by molar-refractivity contribution is -0.133. The Kier molecular flexibility index (Phi) is 5.12. The zero-order valence-corrected chi connectivity index (χ0v) is 14.7. The molecule has 4 rings (SSSR count). The molecule has 136 valence electrons. The number of aromatic nitrogens is 3. The fraction of sp³-hybridized carbons (Fsp3) is 0.722. The number of hydrogen-bond acceptors (Lipinski definition) is 5. The zero-order valence-electron chi connectivity index (χ0n) is 14.7. The quantitative estimate of drug-likeness (QED) is 0.780. The lowest BCUT2D eigenvalue weighted by Gasteiger charge is -2.35. The van der Waals surface area contributed by atoms with E-state index >= 15 is 0 Å². The topological polar surface area (TPSA) is 63.5 Å². The molecule has 0 bridgehead atoms. The Morgan fingerprint density at radius 3 is 3.00 bits per heavy atom. The third kappa shape index (κ3) is 4.27. The van der Waals surface area contributed by atoms with Gasteiger partial charge < -0.3 is 9.64 Å². The van der Waals surface area contributed by atoms with Crippen LogP contribution in [0.5, 0.6) is 0 Å². The molecule has 1 amide bonds. The number of allylic oxidation sites excluding steroid dienone is 2. The van der Waals surface area contributed by atoms with Gasteiger partial charge in [0.05, 0.1) is 25.8 Å². The third-order valence-electron chi connectivity index (χ3n) is 5.20. The molecule has 0 radical (unpaired) electrons. The van der Waals surface area contributed by atoms with Crippen LogP contribution in [0, 0.1) is 0 Å². The first kappa shape index (κ1) is 16.7. The van der Waals surface area contributed by atoms with Crippen LogP contribution in [0.3, 0.4) is 0 Å². The minimum atomic E-state index is 0.0616. The van der Waals surface area contributed by atoms with E-state index in [1.807, 2.05) is 0 Å². The molecule has 2 fully saturated rings. The summed E-state index contributed by atoms with van der Waals surface area (Å²) in [7, 11) is 0. The molecule has 0 spiro atoms. The van der Waals surface area contributed by atoms with Gasteiger partial charge in [-0.1, -0.05) is 6.08 Å². The van der Waals surface area contributed by atoms with Crippen molar-refractivity contribution in [3.8, 4) is 0 Å². The van der Waals surface area contributed by atoms with Crippen LogP contribution >= 0.6 is 0 Å². The van der Waals surface area contributed by atoms with Gasteiger partial charge in [-0.15, -0.1) is 0 Å². The molecule has 25 heavy (non-hydrogen) atoms. The predicted molar refractivity (Wildman–Crippen MR) is 92.6 cm³/mol. The van der Waals surface area contributed by atoms with Gasteiger partial charge in [0, 0.05) is 24.8 Å². The Morgan fingerprint density at radius 1 is 1.36 bits per heavy atom. The minimum absolute atomic E-state index is 0.0616. The van der Waals surface area contributed by atoms with E-state index in [0.29, 0.717) is 25.7 Å². The van der Waals surface area contributed by atoms with Gasteiger partial charge in [0.15, 0.2) is 0 Å². The number of rotatable bonds is 6. The molecule has 2 aliphatic carbocycles. The van der Waals surface area contributed by atoms with Crippen LogP contribution in [-0.2, 0) is 16.1 Å². The van der Waals surface area contributed by atoms with Crippen molar-refractivity contribution in [3.05, 3.63) is 24.4 Å². The summed E-state index contributed by atoms with van der Waals surface area (Å²) in [5.74, 6) is 0.261. The van der Waals surface area contributed by atoms with Crippen LogP contribution in [0.4, 0.5) is 0 Å². The molecule has 1 atom stereocenters. The van der Waals surface area contributed by atoms with Crippen molar-refractivity contribution in [2.75, 3.05) is 26.2 Å². The van der Waals surface area contributed by atoms with E-state index in [9.17, 15) is 4.79 Å². The van der Waals surface area contributed by atoms with Crippen molar-refractivity contribution in [2.24, 2.45) is 0 Å². The van der Waals surface area contributed by atoms with E-state index in [1.54, 1.807) is 11.0 Å². The van der Waals surface area contributed by atoms with Crippen molar-refractivity contribution in [2.45, 2.75) is 57.2 Å². The number of amides is 1. The summed E-state index contributed by atoms with van der Waals surface area (Å²) in [6.45, 7) is 3.42. The second kappa shape index (κ2) is 7.66. The monoisotopic (exact) mass is 345 g/mol. The SMILES string of the molecule is O=C(CN1CCO[C@@H](Cn2cncn2)C1)N(C1=CCCCC1)C1CC1. The van der Waals surface area contributed by atoms with Crippen molar-refractivity contribution < 1.29 is 9.53 Å². The van der Waals surface area contributed by atoms with Crippen LogP contribution in [0.15, 0.2) is 24.4 Å². The highest BCUT2D eigenvalue weighted by atomic mass is 16.5. The Hall–Kier alpha value is -1.73. The Bertz CT molecular complexity index is 611. The van der Waals surface area contributed by atoms with Gasteiger partial charge in [-0.3, -0.25) is 14.4 Å². The molecule has 7 heteroatoms. The Labute approximate surface area is 148 Å². The van der Waals surface area contributed by atoms with Crippen molar-refractivity contribution in [3.63, 3.8) is 0 Å². The zero-order chi connectivity index (χ0) is 17.1. The molecule has 3 aliphatic rings. The first-order valence-electron chi connectivity index (χ1n) is 9.47. The van der Waals surface area contributed by atoms with Gasteiger partial charge in [0.1, 0.15) is 12.7 Å². The number of hydrogen-bond donors (Lipinski definition) is 0. The molecule has 1 saturated carbocycles. The summed E-state index contributed by atoms with van der Waals surface area (Å²) < 4.78 is 7.62. The van der Waals surface area contributed by atoms with Gasteiger partial charge in [-0.25, -0.2) is 4.98 Å². The van der Waals surface area contributed by atoms with Crippen molar-refractivity contribution in [1.29, 1.82) is 0 Å². The number of ether oxygens (including phenoxy) is 1. The van der Waals surface area contributed by atoms with E-state index in [4.69, 9.17) is 4.74 Å². The van der Waals surface area contributed by atoms with Crippen molar-refractivity contribution >= 4 is 5.91 Å². The summed E-state index contributed by atoms with van der Waals surface area (Å²) in [4.78, 5) is 21.3. The fourth-order valence-corrected chi connectivity index (χ4v) is 3.81. The molecule has 0 unspecified atom stereocenters. The normalized spacial score (nSPS) is 24.8. The summed E-state index contributed by atoms with van der Waals surface area (Å²) in [5.41, 5.74) is 1.27. The first-order chi connectivity index (χ1) is 12.3. The van der Waals surface area contributed by atoms with Crippen LogP contribution in [0.1, 0.15) is 38.5 Å². The Balaban J connectivity index is 1.35. The molecule has 1 aromatic heterocycles. The standard InChI is InChI=1S/C18H27N5O2/c24-18(23(16-6-7-16)15-4-2-1-3-5-15)12-21-8-9-25-17(10-21)11-22-14-19-13-20-22/h4,13-14,16-17H,1-3,5-12H2/t17-/m1/s1. The van der Waals surface area contributed by atoms with Crippen LogP contribution in [-0.4, -0.2) is 68.9 Å². The lowest BCUT2D eigenvalue weighted by Crippen LogP contribution is -2.49. The molecule has 7 nitrogen and oxygen atoms in total. The van der Waals surface area contributed by atoms with Gasteiger partial charge in [-0.2, -0.15) is 5.10 Å². The largest absolute Gasteiger partial charge is 0.374 e. The second-order valence-electron chi connectivity index (χ2n) is 7.28. The fourth-order valence-electron chi connectivity index (χ4n) is 3.81. The number of carbonyl (C=O) groups excluding carboxylic acids is 1. The highest BCUT2D eigenvalue weighted by Crippen LogP contribution is 2.33. The van der Waals surface area contributed by atoms with Crippen LogP contribution < -0.4 is 0 Å². The van der Waals surface area contributed by atoms with Crippen LogP contribution in [0.2, 0.25) is 0 Å². The summed E-state index contributed by atoms with van der Waals surface area (Å²) in [6, 6.07) is 0.448. The van der Waals surface area contributed by atoms with E-state index in [0.717, 1.165) is 38.8 Å². The molecule has 1 aromatic rings. The summed E-state index contributed by atoms with van der Waals surface area (Å²) >= 11 is 0. The third-order valence-corrected chi connectivity index (χ3v) is 5.20. The van der Waals surface area contributed by atoms with Crippen molar-refractivity contribution in [1.82, 2.24) is 24.6 Å². The molecular formula is C18H27N5O2. The maximum Gasteiger partial charge on any atom is 0.241 e. The highest BCUT2D eigenvalue weighted by Gasteiger charge is 2.36.